The summed E-state index contributed by atoms with van der Waals surface area (Å²) in [5, 5.41) is 25.6. The lowest BCUT2D eigenvalue weighted by Crippen LogP contribution is -2.36. The number of hydrogen-bond donors (Lipinski definition) is 4. The van der Waals surface area contributed by atoms with Crippen LogP contribution in [0.1, 0.15) is 110 Å². The van der Waals surface area contributed by atoms with Crippen molar-refractivity contribution in [1.29, 1.82) is 0 Å². The van der Waals surface area contributed by atoms with Crippen LogP contribution in [0.5, 0.6) is 0 Å². The van der Waals surface area contributed by atoms with E-state index in [0.29, 0.717) is 69.7 Å². The Morgan fingerprint density at radius 1 is 0.877 bits per heavy atom. The maximum atomic E-state index is 13.8. The zero-order valence-electron chi connectivity index (χ0n) is 33.6. The summed E-state index contributed by atoms with van der Waals surface area (Å²) < 4.78 is 3.71. The molecule has 1 aliphatic carbocycles. The number of carbonyl (C=O) groups is 3. The molecule has 1 aliphatic heterocycles. The Labute approximate surface area is 345 Å². The van der Waals surface area contributed by atoms with E-state index in [4.69, 9.17) is 28.2 Å². The van der Waals surface area contributed by atoms with Crippen molar-refractivity contribution in [2.24, 2.45) is 31.8 Å². The monoisotopic (exact) mass is 819 g/mol. The van der Waals surface area contributed by atoms with E-state index < -0.39 is 18.0 Å². The summed E-state index contributed by atoms with van der Waals surface area (Å²) in [5.74, 6) is 0.0642. The second-order valence-corrected chi connectivity index (χ2v) is 16.7. The minimum atomic E-state index is -0.660. The lowest BCUT2D eigenvalue weighted by Gasteiger charge is -2.27. The zero-order valence-corrected chi connectivity index (χ0v) is 35.1. The second-order valence-electron chi connectivity index (χ2n) is 16.0. The number of carboxylic acid groups (broad SMARTS) is 1. The largest absolute Gasteiger partial charge is 0.481 e. The van der Waals surface area contributed by atoms with Crippen LogP contribution in [0, 0.1) is 17.8 Å². The van der Waals surface area contributed by atoms with Gasteiger partial charge in [-0.25, -0.2) is 9.97 Å². The number of rotatable bonds is 15. The molecule has 2 amide bonds. The molecule has 2 aliphatic rings. The highest BCUT2D eigenvalue weighted by molar-refractivity contribution is 6.40. The highest BCUT2D eigenvalue weighted by Gasteiger charge is 2.28. The Hall–Kier alpha value is -4.23. The van der Waals surface area contributed by atoms with Crippen molar-refractivity contribution < 1.29 is 24.6 Å². The van der Waals surface area contributed by atoms with Gasteiger partial charge in [0.05, 0.1) is 44.8 Å². The van der Waals surface area contributed by atoms with Crippen molar-refractivity contribution in [2.75, 3.05) is 23.7 Å². The number of aryl methyl sites for hydroxylation is 1. The molecule has 0 bridgehead atoms. The van der Waals surface area contributed by atoms with E-state index >= 15 is 0 Å². The summed E-state index contributed by atoms with van der Waals surface area (Å²) in [4.78, 5) is 50.2. The van der Waals surface area contributed by atoms with E-state index in [1.54, 1.807) is 31.2 Å². The molecule has 4 aromatic rings. The third-order valence-electron chi connectivity index (χ3n) is 11.8. The second kappa shape index (κ2) is 18.6. The average molecular weight is 821 g/mol. The summed E-state index contributed by atoms with van der Waals surface area (Å²) in [6, 6.07) is 10.6. The van der Waals surface area contributed by atoms with Gasteiger partial charge in [0.25, 0.3) is 11.8 Å². The minimum absolute atomic E-state index is 0.181. The van der Waals surface area contributed by atoms with Gasteiger partial charge < -0.3 is 30.0 Å². The number of hydrogen-bond acceptors (Lipinski definition) is 7. The van der Waals surface area contributed by atoms with Gasteiger partial charge in [-0.2, -0.15) is 0 Å². The molecule has 6 rings (SSSR count). The van der Waals surface area contributed by atoms with Crippen LogP contribution in [0.2, 0.25) is 10.0 Å². The molecule has 57 heavy (non-hydrogen) atoms. The normalized spacial score (nSPS) is 18.2. The summed E-state index contributed by atoms with van der Waals surface area (Å²) in [6.07, 6.45) is 8.53. The number of nitrogens with zero attached hydrogens (tertiary/aromatic N) is 5. The fourth-order valence-corrected chi connectivity index (χ4v) is 9.03. The van der Waals surface area contributed by atoms with Gasteiger partial charge in [0, 0.05) is 62.7 Å². The number of fused-ring (bicyclic) bond motifs is 1. The van der Waals surface area contributed by atoms with E-state index in [1.807, 2.05) is 42.3 Å². The van der Waals surface area contributed by atoms with Gasteiger partial charge in [0.2, 0.25) is 0 Å². The van der Waals surface area contributed by atoms with Crippen molar-refractivity contribution in [3.05, 3.63) is 80.9 Å². The quantitative estimate of drug-likeness (QED) is 0.0937. The molecular formula is C43H55Cl2N7O5. The molecule has 0 spiro atoms. The van der Waals surface area contributed by atoms with Crippen LogP contribution >= 0.6 is 23.2 Å². The number of halogens is 2. The predicted octanol–water partition coefficient (Wildman–Crippen LogP) is 8.17. The smallest absolute Gasteiger partial charge is 0.306 e. The molecule has 2 aromatic heterocycles. The molecule has 0 saturated heterocycles. The lowest BCUT2D eigenvalue weighted by molar-refractivity contribution is -0.143. The van der Waals surface area contributed by atoms with Gasteiger partial charge in [0.15, 0.2) is 11.6 Å². The minimum Gasteiger partial charge on any atom is -0.481 e. The van der Waals surface area contributed by atoms with Crippen LogP contribution in [0.3, 0.4) is 0 Å². The van der Waals surface area contributed by atoms with Crippen molar-refractivity contribution in [1.82, 2.24) is 24.0 Å². The van der Waals surface area contributed by atoms with E-state index in [1.165, 1.54) is 0 Å². The Morgan fingerprint density at radius 3 is 2.04 bits per heavy atom. The number of nitrogens with one attached hydrogen (secondary N) is 2. The molecule has 4 N–H and O–H groups in total. The molecule has 2 aromatic carbocycles. The molecule has 0 radical (unpaired) electrons. The summed E-state index contributed by atoms with van der Waals surface area (Å²) in [6.45, 7) is 7.95. The maximum Gasteiger partial charge on any atom is 0.306 e. The number of imidazole rings is 2. The van der Waals surface area contributed by atoms with Crippen LogP contribution in [-0.4, -0.2) is 71.2 Å². The molecule has 306 valence electrons. The number of amides is 2. The van der Waals surface area contributed by atoms with Gasteiger partial charge in [-0.1, -0.05) is 74.2 Å². The number of benzene rings is 2. The van der Waals surface area contributed by atoms with E-state index in [0.717, 1.165) is 87.1 Å². The number of aliphatic hydroxyl groups is 1. The third-order valence-corrected chi connectivity index (χ3v) is 12.6. The molecule has 1 saturated carbocycles. The number of aliphatic hydroxyl groups excluding tert-OH is 1. The molecule has 14 heteroatoms. The summed E-state index contributed by atoms with van der Waals surface area (Å²) in [5.41, 5.74) is 5.73. The van der Waals surface area contributed by atoms with E-state index in [-0.39, 0.29) is 17.6 Å². The van der Waals surface area contributed by atoms with Crippen molar-refractivity contribution in [3.8, 4) is 11.1 Å². The first-order valence-corrected chi connectivity index (χ1v) is 20.9. The fourth-order valence-electron chi connectivity index (χ4n) is 8.48. The van der Waals surface area contributed by atoms with Crippen LogP contribution in [0.4, 0.5) is 11.4 Å². The Kier molecular flexibility index (Phi) is 13.8. The standard InChI is InChI=1S/C43H55Cl2N7O5/c1-6-31-35(20-14-25(2)13-15-27-16-18-28(19-17-27)43(56)57)50(4)39(46-31)41(54)48-32-11-7-9-29(37(32)44)30-10-8-12-33(38(30)45)49-42(55)40-47-34-24-52(23-26(3)53)22-21-36(34)51(40)5/h7-12,25-28,53H,6,13-24H2,1-5H3,(H,48,54)(H,49,55)(H,56,57)/t25?,26-,27?,28?/m1/s1. The first-order valence-electron chi connectivity index (χ1n) is 20.2. The van der Waals surface area contributed by atoms with Crippen molar-refractivity contribution in [2.45, 2.75) is 97.6 Å². The highest BCUT2D eigenvalue weighted by atomic mass is 35.5. The van der Waals surface area contributed by atoms with Crippen LogP contribution in [0.25, 0.3) is 11.1 Å². The number of anilines is 2. The third kappa shape index (κ3) is 9.74. The molecule has 1 fully saturated rings. The highest BCUT2D eigenvalue weighted by Crippen LogP contribution is 2.40. The number of aliphatic carboxylic acids is 1. The van der Waals surface area contributed by atoms with Crippen LogP contribution in [0.15, 0.2) is 36.4 Å². The maximum absolute atomic E-state index is 13.8. The van der Waals surface area contributed by atoms with Gasteiger partial charge in [0.1, 0.15) is 0 Å². The van der Waals surface area contributed by atoms with Crippen molar-refractivity contribution in [3.63, 3.8) is 0 Å². The van der Waals surface area contributed by atoms with E-state index in [9.17, 15) is 24.6 Å². The summed E-state index contributed by atoms with van der Waals surface area (Å²) in [7, 11) is 3.71. The number of carbonyl (C=O) groups excluding carboxylic acids is 2. The molecule has 12 nitrogen and oxygen atoms in total. The molecule has 3 heterocycles. The van der Waals surface area contributed by atoms with Gasteiger partial charge in [-0.3, -0.25) is 19.3 Å². The van der Waals surface area contributed by atoms with Gasteiger partial charge in [-0.05, 0) is 75.8 Å². The van der Waals surface area contributed by atoms with Crippen LogP contribution < -0.4 is 10.6 Å². The molecular weight excluding hydrogens is 765 g/mol. The Bertz CT molecular complexity index is 2100. The fraction of sp³-hybridized carbons (Fsp3) is 0.512. The Morgan fingerprint density at radius 2 is 1.47 bits per heavy atom. The SMILES string of the molecule is CCc1nc(C(=O)Nc2cccc(-c3cccc(NC(=O)c4nc5c(n4C)CCN(C[C@@H](C)O)C5)c3Cl)c2Cl)n(C)c1CCC(C)CCC1CCC(C(=O)O)CC1. The number of aromatic nitrogens is 4. The van der Waals surface area contributed by atoms with Gasteiger partial charge >= 0.3 is 5.97 Å². The topological polar surface area (TPSA) is 155 Å². The number of carboxylic acids is 1. The van der Waals surface area contributed by atoms with Gasteiger partial charge in [-0.15, -0.1) is 0 Å². The zero-order chi connectivity index (χ0) is 41.0. The first kappa shape index (κ1) is 42.4. The lowest BCUT2D eigenvalue weighted by atomic mass is 9.79. The average Bonchev–Trinajstić information content (AvgIpc) is 3.69. The predicted molar refractivity (Wildman–Crippen MR) is 224 cm³/mol. The summed E-state index contributed by atoms with van der Waals surface area (Å²) >= 11 is 13.9. The van der Waals surface area contributed by atoms with Crippen LogP contribution in [-0.2, 0) is 44.7 Å². The van der Waals surface area contributed by atoms with Crippen molar-refractivity contribution >= 4 is 52.4 Å². The molecule has 2 atom stereocenters. The van der Waals surface area contributed by atoms with E-state index in [2.05, 4.69) is 27.4 Å². The first-order chi connectivity index (χ1) is 27.2. The Balaban J connectivity index is 1.11. The number of β-amino-alcohol motifs (C(OH)–C–C–N with tert-alkyl or cyclic N) is 1. The molecule has 1 unspecified atom stereocenters.